The maximum atomic E-state index is 13.4. The van der Waals surface area contributed by atoms with Gasteiger partial charge in [0.15, 0.2) is 0 Å². The number of fused-ring (bicyclic) bond motifs is 1. The van der Waals surface area contributed by atoms with Crippen molar-refractivity contribution in [1.82, 2.24) is 9.80 Å². The second-order valence-corrected chi connectivity index (χ2v) is 9.97. The largest absolute Gasteiger partial charge is 0.496 e. The lowest BCUT2D eigenvalue weighted by atomic mass is 9.82. The number of nitrogens with two attached hydrogens (primary N) is 1. The Morgan fingerprint density at radius 1 is 1.22 bits per heavy atom. The van der Waals surface area contributed by atoms with E-state index in [1.54, 1.807) is 7.11 Å². The van der Waals surface area contributed by atoms with Gasteiger partial charge in [0, 0.05) is 44.6 Å². The van der Waals surface area contributed by atoms with E-state index in [-0.39, 0.29) is 24.4 Å². The van der Waals surface area contributed by atoms with Gasteiger partial charge in [-0.15, -0.1) is 0 Å². The van der Waals surface area contributed by atoms with Crippen molar-refractivity contribution in [2.45, 2.75) is 44.6 Å². The van der Waals surface area contributed by atoms with Gasteiger partial charge in [-0.1, -0.05) is 43.7 Å². The predicted molar refractivity (Wildman–Crippen MR) is 142 cm³/mol. The van der Waals surface area contributed by atoms with E-state index in [0.29, 0.717) is 39.2 Å². The summed E-state index contributed by atoms with van der Waals surface area (Å²) < 4.78 is 11.2. The number of hydrogen-bond acceptors (Lipinski definition) is 6. The van der Waals surface area contributed by atoms with E-state index in [4.69, 9.17) is 15.2 Å². The number of nitrogens with zero attached hydrogens (tertiary/aromatic N) is 2. The van der Waals surface area contributed by atoms with E-state index in [0.717, 1.165) is 47.5 Å². The van der Waals surface area contributed by atoms with Crippen LogP contribution in [-0.4, -0.2) is 79.3 Å². The van der Waals surface area contributed by atoms with E-state index in [1.165, 1.54) is 0 Å². The number of benzene rings is 2. The zero-order chi connectivity index (χ0) is 26.4. The molecule has 8 heteroatoms. The molecule has 3 N–H and O–H groups in total. The van der Waals surface area contributed by atoms with Crippen molar-refractivity contribution in [3.05, 3.63) is 59.2 Å². The first-order valence-electron chi connectivity index (χ1n) is 13.3. The zero-order valence-electron chi connectivity index (χ0n) is 21.9. The van der Waals surface area contributed by atoms with Crippen LogP contribution in [0.2, 0.25) is 0 Å². The Balaban J connectivity index is 1.66. The van der Waals surface area contributed by atoms with Gasteiger partial charge in [0.05, 0.1) is 26.2 Å². The lowest BCUT2D eigenvalue weighted by Gasteiger charge is -2.30. The molecular formula is C29H39N3O5. The predicted octanol–water partition coefficient (Wildman–Crippen LogP) is 2.93. The maximum Gasteiger partial charge on any atom is 0.308 e. The van der Waals surface area contributed by atoms with Crippen molar-refractivity contribution < 1.29 is 24.2 Å². The number of likely N-dealkylation sites (tertiary alicyclic amines) is 1. The molecule has 200 valence electrons. The molecule has 37 heavy (non-hydrogen) atoms. The highest BCUT2D eigenvalue weighted by molar-refractivity contribution is 5.79. The number of rotatable bonds is 12. The molecule has 0 radical (unpaired) electrons. The molecule has 2 aliphatic rings. The van der Waals surface area contributed by atoms with Crippen molar-refractivity contribution in [1.29, 1.82) is 0 Å². The van der Waals surface area contributed by atoms with Gasteiger partial charge in [-0.25, -0.2) is 0 Å². The third kappa shape index (κ3) is 6.08. The highest BCUT2D eigenvalue weighted by atomic mass is 16.5. The molecule has 2 aromatic rings. The van der Waals surface area contributed by atoms with Gasteiger partial charge in [-0.2, -0.15) is 0 Å². The third-order valence-electron chi connectivity index (χ3n) is 7.67. The van der Waals surface area contributed by atoms with Crippen LogP contribution in [0.1, 0.15) is 42.4 Å². The Bertz CT molecular complexity index is 1090. The summed E-state index contributed by atoms with van der Waals surface area (Å²) in [5.74, 6) is -0.160. The molecular weight excluding hydrogens is 470 g/mol. The summed E-state index contributed by atoms with van der Waals surface area (Å²) in [7, 11) is 1.62. The number of methoxy groups -OCH3 is 1. The number of unbranched alkanes of at least 4 members (excludes halogenated alkanes) is 1. The Morgan fingerprint density at radius 2 is 2.03 bits per heavy atom. The standard InChI is InChI=1S/C29H39N3O5/c1-3-4-13-31(14-12-30)27(33)19-32-18-23(20-9-10-26-22(16-20)11-15-37-26)28(29(34)35)24(32)17-21-7-5-6-8-25(21)36-2/h5-10,16,23-24,28H,3-4,11-15,17-19,30H2,1-2H3,(H,34,35)/t23-,24+,28?/m1/s1. The molecule has 4 rings (SSSR count). The molecule has 3 atom stereocenters. The molecule has 0 spiro atoms. The molecule has 0 aromatic heterocycles. The molecule has 0 bridgehead atoms. The van der Waals surface area contributed by atoms with Gasteiger partial charge in [-0.05, 0) is 41.7 Å². The van der Waals surface area contributed by atoms with Crippen molar-refractivity contribution in [2.75, 3.05) is 46.4 Å². The summed E-state index contributed by atoms with van der Waals surface area (Å²) in [5, 5.41) is 10.5. The molecule has 8 nitrogen and oxygen atoms in total. The average Bonchev–Trinajstić information content (AvgIpc) is 3.51. The fraction of sp³-hybridized carbons (Fsp3) is 0.517. The smallest absolute Gasteiger partial charge is 0.308 e. The maximum absolute atomic E-state index is 13.4. The number of carboxylic acids is 1. The lowest BCUT2D eigenvalue weighted by Crippen LogP contribution is -2.46. The number of aliphatic carboxylic acids is 1. The Hall–Kier alpha value is -3.10. The van der Waals surface area contributed by atoms with Crippen LogP contribution in [0, 0.1) is 5.92 Å². The Morgan fingerprint density at radius 3 is 2.76 bits per heavy atom. The number of hydrogen-bond donors (Lipinski definition) is 2. The summed E-state index contributed by atoms with van der Waals surface area (Å²) in [6, 6.07) is 13.4. The minimum atomic E-state index is -0.846. The van der Waals surface area contributed by atoms with Gasteiger partial charge in [0.2, 0.25) is 5.91 Å². The topological polar surface area (TPSA) is 105 Å². The molecule has 0 saturated carbocycles. The first-order valence-corrected chi connectivity index (χ1v) is 13.3. The van der Waals surface area contributed by atoms with Crippen LogP contribution in [-0.2, 0) is 22.4 Å². The molecule has 0 aliphatic carbocycles. The molecule has 2 aliphatic heterocycles. The summed E-state index contributed by atoms with van der Waals surface area (Å²) in [5.41, 5.74) is 8.84. The SMILES string of the molecule is CCCCN(CCN)C(=O)CN1C[C@H](c2ccc3c(c2)CCO3)C(C(=O)O)[C@@H]1Cc1ccccc1OC. The normalized spacial score (nSPS) is 20.9. The molecule has 2 aromatic carbocycles. The summed E-state index contributed by atoms with van der Waals surface area (Å²) in [6.07, 6.45) is 3.20. The summed E-state index contributed by atoms with van der Waals surface area (Å²) >= 11 is 0. The van der Waals surface area contributed by atoms with E-state index in [9.17, 15) is 14.7 Å². The average molecular weight is 510 g/mol. The van der Waals surface area contributed by atoms with Gasteiger partial charge in [-0.3, -0.25) is 14.5 Å². The van der Waals surface area contributed by atoms with E-state index < -0.39 is 11.9 Å². The van der Waals surface area contributed by atoms with E-state index in [1.807, 2.05) is 41.3 Å². The van der Waals surface area contributed by atoms with Crippen molar-refractivity contribution in [3.8, 4) is 11.5 Å². The highest BCUT2D eigenvalue weighted by Gasteiger charge is 2.47. The van der Waals surface area contributed by atoms with Crippen LogP contribution in [0.25, 0.3) is 0 Å². The number of carboxylic acid groups (broad SMARTS) is 1. The number of para-hydroxylation sites is 1. The van der Waals surface area contributed by atoms with Crippen molar-refractivity contribution >= 4 is 11.9 Å². The Labute approximate surface area is 219 Å². The molecule has 1 amide bonds. The minimum absolute atomic E-state index is 0.00364. The first-order chi connectivity index (χ1) is 18.0. The third-order valence-corrected chi connectivity index (χ3v) is 7.67. The number of carbonyl (C=O) groups is 2. The van der Waals surface area contributed by atoms with Crippen LogP contribution in [0.5, 0.6) is 11.5 Å². The van der Waals surface area contributed by atoms with Gasteiger partial charge in [0.1, 0.15) is 11.5 Å². The zero-order valence-corrected chi connectivity index (χ0v) is 21.9. The fourth-order valence-corrected chi connectivity index (χ4v) is 5.76. The molecule has 1 saturated heterocycles. The fourth-order valence-electron chi connectivity index (χ4n) is 5.76. The van der Waals surface area contributed by atoms with Crippen LogP contribution >= 0.6 is 0 Å². The summed E-state index contributed by atoms with van der Waals surface area (Å²) in [6.45, 7) is 4.96. The van der Waals surface area contributed by atoms with Crippen molar-refractivity contribution in [3.63, 3.8) is 0 Å². The number of amides is 1. The van der Waals surface area contributed by atoms with Crippen LogP contribution in [0.3, 0.4) is 0 Å². The van der Waals surface area contributed by atoms with E-state index >= 15 is 0 Å². The Kier molecular flexibility index (Phi) is 9.05. The first kappa shape index (κ1) is 26.9. The molecule has 1 unspecified atom stereocenters. The van der Waals surface area contributed by atoms with Gasteiger partial charge in [0.25, 0.3) is 0 Å². The van der Waals surface area contributed by atoms with E-state index in [2.05, 4.69) is 17.9 Å². The second kappa shape index (κ2) is 12.4. The number of carbonyl (C=O) groups excluding carboxylic acids is 1. The monoisotopic (exact) mass is 509 g/mol. The van der Waals surface area contributed by atoms with Crippen LogP contribution in [0.4, 0.5) is 0 Å². The molecule has 2 heterocycles. The van der Waals surface area contributed by atoms with Gasteiger partial charge < -0.3 is 25.2 Å². The van der Waals surface area contributed by atoms with Crippen LogP contribution < -0.4 is 15.2 Å². The number of ether oxygens (including phenoxy) is 2. The quantitative estimate of drug-likeness (QED) is 0.453. The molecule has 1 fully saturated rings. The second-order valence-electron chi connectivity index (χ2n) is 9.97. The highest BCUT2D eigenvalue weighted by Crippen LogP contribution is 2.41. The van der Waals surface area contributed by atoms with Crippen molar-refractivity contribution in [2.24, 2.45) is 11.7 Å². The lowest BCUT2D eigenvalue weighted by molar-refractivity contribution is -0.143. The minimum Gasteiger partial charge on any atom is -0.496 e. The summed E-state index contributed by atoms with van der Waals surface area (Å²) in [4.78, 5) is 30.1. The van der Waals surface area contributed by atoms with Gasteiger partial charge >= 0.3 is 5.97 Å². The van der Waals surface area contributed by atoms with Crippen LogP contribution in [0.15, 0.2) is 42.5 Å².